The maximum Gasteiger partial charge on any atom is 0.163 e. The molecule has 1 saturated carbocycles. The SMILES string of the molecule is CN(C)c1ccc(Cc2ccc3c(c2)C(C2CCCC2)C(=O)C=C3)cc1. The molecule has 0 spiro atoms. The number of anilines is 1. The second kappa shape index (κ2) is 7.11. The molecule has 0 bridgehead atoms. The van der Waals surface area contributed by atoms with Crippen LogP contribution < -0.4 is 4.90 Å². The van der Waals surface area contributed by atoms with E-state index in [1.54, 1.807) is 6.08 Å². The molecule has 0 aliphatic heterocycles. The summed E-state index contributed by atoms with van der Waals surface area (Å²) in [6, 6.07) is 15.4. The fourth-order valence-electron chi connectivity index (χ4n) is 4.51. The van der Waals surface area contributed by atoms with E-state index in [2.05, 4.69) is 61.5 Å². The summed E-state index contributed by atoms with van der Waals surface area (Å²) in [4.78, 5) is 14.7. The third kappa shape index (κ3) is 3.33. The Morgan fingerprint density at radius 2 is 1.62 bits per heavy atom. The van der Waals surface area contributed by atoms with E-state index in [9.17, 15) is 4.79 Å². The van der Waals surface area contributed by atoms with Crippen LogP contribution in [0.1, 0.15) is 53.9 Å². The normalized spacial score (nSPS) is 19.6. The van der Waals surface area contributed by atoms with Gasteiger partial charge in [0.2, 0.25) is 0 Å². The number of rotatable bonds is 4. The first-order chi connectivity index (χ1) is 12.6. The van der Waals surface area contributed by atoms with E-state index >= 15 is 0 Å². The molecule has 2 aliphatic rings. The molecule has 2 aromatic carbocycles. The standard InChI is InChI=1S/C24H27NO/c1-25(2)21-12-8-17(9-13-21)15-18-7-10-19-11-14-23(26)24(22(19)16-18)20-5-3-4-6-20/h7-14,16,20,24H,3-6,15H2,1-2H3. The van der Waals surface area contributed by atoms with Crippen molar-refractivity contribution in [2.45, 2.75) is 38.0 Å². The molecule has 2 heteroatoms. The molecule has 26 heavy (non-hydrogen) atoms. The number of carbonyl (C=O) groups excluding carboxylic acids is 1. The molecule has 1 unspecified atom stereocenters. The van der Waals surface area contributed by atoms with Gasteiger partial charge in [-0.25, -0.2) is 0 Å². The van der Waals surface area contributed by atoms with Gasteiger partial charge in [0.05, 0.1) is 5.92 Å². The average molecular weight is 345 g/mol. The highest BCUT2D eigenvalue weighted by atomic mass is 16.1. The number of allylic oxidation sites excluding steroid dienone is 1. The number of hydrogen-bond donors (Lipinski definition) is 0. The van der Waals surface area contributed by atoms with Crippen LogP contribution in [0.2, 0.25) is 0 Å². The van der Waals surface area contributed by atoms with Gasteiger partial charge in [-0.2, -0.15) is 0 Å². The molecule has 1 fully saturated rings. The van der Waals surface area contributed by atoms with Gasteiger partial charge in [0.1, 0.15) is 0 Å². The Kier molecular flexibility index (Phi) is 4.67. The minimum Gasteiger partial charge on any atom is -0.378 e. The lowest BCUT2D eigenvalue weighted by Gasteiger charge is -2.26. The predicted octanol–water partition coefficient (Wildman–Crippen LogP) is 5.21. The van der Waals surface area contributed by atoms with Crippen LogP contribution in [0.5, 0.6) is 0 Å². The van der Waals surface area contributed by atoms with Crippen molar-refractivity contribution >= 4 is 17.5 Å². The number of nitrogens with zero attached hydrogens (tertiary/aromatic N) is 1. The molecule has 0 radical (unpaired) electrons. The van der Waals surface area contributed by atoms with Crippen molar-refractivity contribution in [2.24, 2.45) is 5.92 Å². The summed E-state index contributed by atoms with van der Waals surface area (Å²) in [5.74, 6) is 0.909. The zero-order valence-electron chi connectivity index (χ0n) is 15.7. The number of benzene rings is 2. The highest BCUT2D eigenvalue weighted by Gasteiger charge is 2.33. The largest absolute Gasteiger partial charge is 0.378 e. The molecule has 1 atom stereocenters. The minimum atomic E-state index is 0.0774. The Bertz CT molecular complexity index is 826. The molecular formula is C24H27NO. The average Bonchev–Trinajstić information content (AvgIpc) is 3.16. The van der Waals surface area contributed by atoms with E-state index in [0.717, 1.165) is 6.42 Å². The third-order valence-corrected chi connectivity index (χ3v) is 5.95. The van der Waals surface area contributed by atoms with Crippen LogP contribution in [0.4, 0.5) is 5.69 Å². The Hall–Kier alpha value is -2.35. The van der Waals surface area contributed by atoms with Crippen molar-refractivity contribution in [1.29, 1.82) is 0 Å². The van der Waals surface area contributed by atoms with Crippen LogP contribution in [0.3, 0.4) is 0 Å². The lowest BCUT2D eigenvalue weighted by atomic mass is 9.76. The van der Waals surface area contributed by atoms with Gasteiger partial charge in [-0.05, 0) is 65.6 Å². The zero-order valence-corrected chi connectivity index (χ0v) is 15.7. The van der Waals surface area contributed by atoms with Crippen LogP contribution in [-0.2, 0) is 11.2 Å². The molecule has 0 amide bonds. The lowest BCUT2D eigenvalue weighted by molar-refractivity contribution is -0.117. The summed E-state index contributed by atoms with van der Waals surface area (Å²) in [6.07, 6.45) is 9.64. The van der Waals surface area contributed by atoms with E-state index in [-0.39, 0.29) is 5.92 Å². The highest BCUT2D eigenvalue weighted by Crippen LogP contribution is 2.41. The van der Waals surface area contributed by atoms with Crippen molar-refractivity contribution in [2.75, 3.05) is 19.0 Å². The van der Waals surface area contributed by atoms with Crippen molar-refractivity contribution in [3.8, 4) is 0 Å². The molecule has 0 N–H and O–H groups in total. The van der Waals surface area contributed by atoms with Crippen LogP contribution in [0.25, 0.3) is 6.08 Å². The maximum absolute atomic E-state index is 12.6. The fraction of sp³-hybridized carbons (Fsp3) is 0.375. The summed E-state index contributed by atoms with van der Waals surface area (Å²) < 4.78 is 0. The molecule has 2 aromatic rings. The summed E-state index contributed by atoms with van der Waals surface area (Å²) >= 11 is 0. The predicted molar refractivity (Wildman–Crippen MR) is 109 cm³/mol. The first-order valence-electron chi connectivity index (χ1n) is 9.73. The van der Waals surface area contributed by atoms with Gasteiger partial charge >= 0.3 is 0 Å². The summed E-state index contributed by atoms with van der Waals surface area (Å²) in [5, 5.41) is 0. The number of carbonyl (C=O) groups is 1. The smallest absolute Gasteiger partial charge is 0.163 e. The van der Waals surface area contributed by atoms with Crippen LogP contribution in [-0.4, -0.2) is 19.9 Å². The van der Waals surface area contributed by atoms with Gasteiger partial charge in [-0.1, -0.05) is 49.2 Å². The van der Waals surface area contributed by atoms with Gasteiger partial charge in [-0.15, -0.1) is 0 Å². The Morgan fingerprint density at radius 1 is 0.923 bits per heavy atom. The van der Waals surface area contributed by atoms with Crippen LogP contribution >= 0.6 is 0 Å². The topological polar surface area (TPSA) is 20.3 Å². The van der Waals surface area contributed by atoms with Crippen LogP contribution in [0, 0.1) is 5.92 Å². The molecule has 0 saturated heterocycles. The lowest BCUT2D eigenvalue weighted by Crippen LogP contribution is -2.22. The first-order valence-corrected chi connectivity index (χ1v) is 9.73. The number of ketones is 1. The van der Waals surface area contributed by atoms with Crippen molar-refractivity contribution in [3.05, 3.63) is 70.8 Å². The summed E-state index contributed by atoms with van der Waals surface area (Å²) in [7, 11) is 4.12. The summed E-state index contributed by atoms with van der Waals surface area (Å²) in [6.45, 7) is 0. The van der Waals surface area contributed by atoms with Gasteiger partial charge in [0.15, 0.2) is 5.78 Å². The molecule has 4 rings (SSSR count). The van der Waals surface area contributed by atoms with Gasteiger partial charge in [0.25, 0.3) is 0 Å². The molecular weight excluding hydrogens is 318 g/mol. The number of hydrogen-bond acceptors (Lipinski definition) is 2. The third-order valence-electron chi connectivity index (χ3n) is 5.95. The minimum absolute atomic E-state index is 0.0774. The molecule has 134 valence electrons. The van der Waals surface area contributed by atoms with E-state index in [1.807, 2.05) is 6.08 Å². The Morgan fingerprint density at radius 3 is 2.31 bits per heavy atom. The van der Waals surface area contributed by atoms with Crippen molar-refractivity contribution < 1.29 is 4.79 Å². The monoisotopic (exact) mass is 345 g/mol. The quantitative estimate of drug-likeness (QED) is 0.758. The second-order valence-electron chi connectivity index (χ2n) is 7.96. The molecule has 0 heterocycles. The van der Waals surface area contributed by atoms with Crippen molar-refractivity contribution in [3.63, 3.8) is 0 Å². The van der Waals surface area contributed by atoms with Crippen molar-refractivity contribution in [1.82, 2.24) is 0 Å². The highest BCUT2D eigenvalue weighted by molar-refractivity contribution is 6.02. The number of fused-ring (bicyclic) bond motifs is 1. The van der Waals surface area contributed by atoms with E-state index < -0.39 is 0 Å². The zero-order chi connectivity index (χ0) is 18.1. The van der Waals surface area contributed by atoms with Gasteiger partial charge in [-0.3, -0.25) is 4.79 Å². The second-order valence-corrected chi connectivity index (χ2v) is 7.96. The molecule has 2 aliphatic carbocycles. The summed E-state index contributed by atoms with van der Waals surface area (Å²) in [5.41, 5.74) is 6.31. The Balaban J connectivity index is 1.61. The van der Waals surface area contributed by atoms with Gasteiger partial charge < -0.3 is 4.90 Å². The fourth-order valence-corrected chi connectivity index (χ4v) is 4.51. The maximum atomic E-state index is 12.6. The Labute approximate surface area is 156 Å². The van der Waals surface area contributed by atoms with E-state index in [4.69, 9.17) is 0 Å². The van der Waals surface area contributed by atoms with Gasteiger partial charge in [0, 0.05) is 19.8 Å². The van der Waals surface area contributed by atoms with E-state index in [0.29, 0.717) is 11.7 Å². The molecule has 2 nitrogen and oxygen atoms in total. The molecule has 0 aromatic heterocycles. The van der Waals surface area contributed by atoms with Crippen LogP contribution in [0.15, 0.2) is 48.5 Å². The van der Waals surface area contributed by atoms with E-state index in [1.165, 1.54) is 53.6 Å². The first kappa shape index (κ1) is 17.1.